The van der Waals surface area contributed by atoms with Crippen LogP contribution in [0.2, 0.25) is 5.02 Å². The van der Waals surface area contributed by atoms with Crippen LogP contribution in [0.5, 0.6) is 0 Å². The molecule has 0 radical (unpaired) electrons. The van der Waals surface area contributed by atoms with Gasteiger partial charge in [-0.05, 0) is 42.8 Å². The van der Waals surface area contributed by atoms with Gasteiger partial charge in [0, 0.05) is 17.8 Å². The second-order valence-corrected chi connectivity index (χ2v) is 5.97. The van der Waals surface area contributed by atoms with Crippen LogP contribution in [0, 0.1) is 6.92 Å². The molecule has 1 heterocycles. The van der Waals surface area contributed by atoms with E-state index < -0.39 is 0 Å². The molecule has 0 aliphatic rings. The highest BCUT2D eigenvalue weighted by Gasteiger charge is 2.21. The summed E-state index contributed by atoms with van der Waals surface area (Å²) in [7, 11) is 1.56. The molecular weight excluding hydrogens is 340 g/mol. The van der Waals surface area contributed by atoms with E-state index in [1.807, 2.05) is 31.2 Å². The van der Waals surface area contributed by atoms with Crippen molar-refractivity contribution in [3.05, 3.63) is 70.5 Å². The topological polar surface area (TPSA) is 69.0 Å². The molecule has 0 bridgehead atoms. The fourth-order valence-corrected chi connectivity index (χ4v) is 2.66. The number of ether oxygens (including phenoxy) is 1. The predicted molar refractivity (Wildman–Crippen MR) is 96.2 cm³/mol. The number of rotatable bonds is 5. The lowest BCUT2D eigenvalue weighted by Crippen LogP contribution is -2.16. The van der Waals surface area contributed by atoms with Crippen molar-refractivity contribution >= 4 is 23.2 Å². The smallest absolute Gasteiger partial charge is 0.278 e. The minimum absolute atomic E-state index is 0.208. The van der Waals surface area contributed by atoms with Crippen molar-refractivity contribution in [3.8, 4) is 5.69 Å². The van der Waals surface area contributed by atoms with Crippen molar-refractivity contribution in [2.45, 2.75) is 13.5 Å². The monoisotopic (exact) mass is 356 g/mol. The van der Waals surface area contributed by atoms with Crippen LogP contribution in [0.15, 0.2) is 48.5 Å². The number of benzene rings is 2. The second kappa shape index (κ2) is 7.46. The van der Waals surface area contributed by atoms with Gasteiger partial charge < -0.3 is 10.1 Å². The molecule has 3 rings (SSSR count). The molecule has 0 aliphatic heterocycles. The van der Waals surface area contributed by atoms with Crippen molar-refractivity contribution in [2.75, 3.05) is 12.4 Å². The lowest BCUT2D eigenvalue weighted by molar-refractivity contribution is 0.101. The average Bonchev–Trinajstić information content (AvgIpc) is 2.99. The largest absolute Gasteiger partial charge is 0.378 e. The van der Waals surface area contributed by atoms with E-state index in [-0.39, 0.29) is 18.2 Å². The molecule has 7 heteroatoms. The van der Waals surface area contributed by atoms with Crippen LogP contribution in [0.1, 0.15) is 21.7 Å². The van der Waals surface area contributed by atoms with Gasteiger partial charge >= 0.3 is 0 Å². The third kappa shape index (κ3) is 3.87. The molecule has 0 saturated carbocycles. The first kappa shape index (κ1) is 17.1. The molecule has 0 saturated heterocycles. The summed E-state index contributed by atoms with van der Waals surface area (Å²) < 4.78 is 6.85. The van der Waals surface area contributed by atoms with Crippen LogP contribution in [-0.2, 0) is 11.3 Å². The Morgan fingerprint density at radius 3 is 2.76 bits per heavy atom. The molecule has 1 aromatic heterocycles. The highest BCUT2D eigenvalue weighted by atomic mass is 35.5. The van der Waals surface area contributed by atoms with E-state index in [4.69, 9.17) is 16.3 Å². The fraction of sp³-hybridized carbons (Fsp3) is 0.167. The molecular formula is C18H17ClN4O2. The Balaban J connectivity index is 1.95. The Morgan fingerprint density at radius 2 is 2.04 bits per heavy atom. The molecule has 2 aromatic carbocycles. The number of methoxy groups -OCH3 is 1. The minimum atomic E-state index is -0.367. The zero-order valence-corrected chi connectivity index (χ0v) is 14.6. The molecule has 0 spiro atoms. The molecule has 0 atom stereocenters. The Hall–Kier alpha value is -2.70. The minimum Gasteiger partial charge on any atom is -0.378 e. The van der Waals surface area contributed by atoms with Crippen LogP contribution >= 0.6 is 11.6 Å². The van der Waals surface area contributed by atoms with Crippen LogP contribution in [0.3, 0.4) is 0 Å². The Bertz CT molecular complexity index is 908. The molecule has 0 aliphatic carbocycles. The van der Waals surface area contributed by atoms with Crippen LogP contribution < -0.4 is 5.32 Å². The quantitative estimate of drug-likeness (QED) is 0.758. The number of carbonyl (C=O) groups excluding carboxylic acids is 1. The number of carbonyl (C=O) groups is 1. The molecule has 6 nitrogen and oxygen atoms in total. The summed E-state index contributed by atoms with van der Waals surface area (Å²) >= 11 is 5.95. The van der Waals surface area contributed by atoms with Gasteiger partial charge in [0.1, 0.15) is 5.69 Å². The van der Waals surface area contributed by atoms with Gasteiger partial charge in [-0.15, -0.1) is 5.10 Å². The highest BCUT2D eigenvalue weighted by Crippen LogP contribution is 2.19. The van der Waals surface area contributed by atoms with Crippen LogP contribution in [0.25, 0.3) is 5.69 Å². The summed E-state index contributed by atoms with van der Waals surface area (Å²) in [5.41, 5.74) is 3.28. The normalized spacial score (nSPS) is 10.7. The van der Waals surface area contributed by atoms with Gasteiger partial charge in [0.2, 0.25) is 0 Å². The van der Waals surface area contributed by atoms with E-state index >= 15 is 0 Å². The third-order valence-electron chi connectivity index (χ3n) is 3.59. The van der Waals surface area contributed by atoms with E-state index in [1.165, 1.54) is 0 Å². The SMILES string of the molecule is COCc1c(C(=O)Nc2cccc(Cl)c2)nnn1-c1cccc(C)c1. The van der Waals surface area contributed by atoms with Gasteiger partial charge in [-0.1, -0.05) is 35.0 Å². The third-order valence-corrected chi connectivity index (χ3v) is 3.82. The molecule has 3 aromatic rings. The summed E-state index contributed by atoms with van der Waals surface area (Å²) in [4.78, 5) is 12.6. The summed E-state index contributed by atoms with van der Waals surface area (Å²) in [6, 6.07) is 14.7. The molecule has 128 valence electrons. The molecule has 0 fully saturated rings. The molecule has 1 amide bonds. The van der Waals surface area contributed by atoms with E-state index in [0.717, 1.165) is 11.3 Å². The van der Waals surface area contributed by atoms with Crippen LogP contribution in [-0.4, -0.2) is 28.0 Å². The number of nitrogens with one attached hydrogen (secondary N) is 1. The first-order valence-electron chi connectivity index (χ1n) is 7.66. The van der Waals surface area contributed by atoms with Gasteiger partial charge in [-0.3, -0.25) is 4.79 Å². The maximum atomic E-state index is 12.6. The van der Waals surface area contributed by atoms with Crippen LogP contribution in [0.4, 0.5) is 5.69 Å². The Morgan fingerprint density at radius 1 is 1.24 bits per heavy atom. The van der Waals surface area contributed by atoms with Crippen molar-refractivity contribution in [2.24, 2.45) is 0 Å². The number of aryl methyl sites for hydroxylation is 1. The number of aromatic nitrogens is 3. The van der Waals surface area contributed by atoms with E-state index in [1.54, 1.807) is 36.1 Å². The second-order valence-electron chi connectivity index (χ2n) is 5.53. The Kier molecular flexibility index (Phi) is 5.11. The van der Waals surface area contributed by atoms with Gasteiger partial charge in [0.25, 0.3) is 5.91 Å². The van der Waals surface area contributed by atoms with Crippen molar-refractivity contribution < 1.29 is 9.53 Å². The lowest BCUT2D eigenvalue weighted by atomic mass is 10.2. The number of anilines is 1. The average molecular weight is 357 g/mol. The number of amides is 1. The molecule has 1 N–H and O–H groups in total. The van der Waals surface area contributed by atoms with Gasteiger partial charge in [0.05, 0.1) is 12.3 Å². The summed E-state index contributed by atoms with van der Waals surface area (Å²) in [6.07, 6.45) is 0. The van der Waals surface area contributed by atoms with Gasteiger partial charge in [-0.25, -0.2) is 4.68 Å². The Labute approximate surface area is 150 Å². The summed E-state index contributed by atoms with van der Waals surface area (Å²) in [5.74, 6) is -0.367. The standard InChI is InChI=1S/C18H17ClN4O2/c1-12-5-3-8-15(9-12)23-16(11-25-2)17(21-22-23)18(24)20-14-7-4-6-13(19)10-14/h3-10H,11H2,1-2H3,(H,20,24). The maximum absolute atomic E-state index is 12.6. The lowest BCUT2D eigenvalue weighted by Gasteiger charge is -2.08. The number of hydrogen-bond donors (Lipinski definition) is 1. The van der Waals surface area contributed by atoms with E-state index in [9.17, 15) is 4.79 Å². The molecule has 25 heavy (non-hydrogen) atoms. The zero-order chi connectivity index (χ0) is 17.8. The van der Waals surface area contributed by atoms with E-state index in [2.05, 4.69) is 15.6 Å². The first-order valence-corrected chi connectivity index (χ1v) is 8.04. The first-order chi connectivity index (χ1) is 12.1. The van der Waals surface area contributed by atoms with Crippen molar-refractivity contribution in [1.82, 2.24) is 15.0 Å². The van der Waals surface area contributed by atoms with E-state index in [0.29, 0.717) is 16.4 Å². The summed E-state index contributed by atoms with van der Waals surface area (Å²) in [5, 5.41) is 11.5. The summed E-state index contributed by atoms with van der Waals surface area (Å²) in [6.45, 7) is 2.20. The van der Waals surface area contributed by atoms with Crippen molar-refractivity contribution in [1.29, 1.82) is 0 Å². The molecule has 0 unspecified atom stereocenters. The van der Waals surface area contributed by atoms with Gasteiger partial charge in [0.15, 0.2) is 5.69 Å². The predicted octanol–water partition coefficient (Wildman–Crippen LogP) is 3.63. The maximum Gasteiger partial charge on any atom is 0.278 e. The number of halogens is 1. The van der Waals surface area contributed by atoms with Gasteiger partial charge in [-0.2, -0.15) is 0 Å². The van der Waals surface area contributed by atoms with Crippen molar-refractivity contribution in [3.63, 3.8) is 0 Å². The number of hydrogen-bond acceptors (Lipinski definition) is 4. The number of nitrogens with zero attached hydrogens (tertiary/aromatic N) is 3. The zero-order valence-electron chi connectivity index (χ0n) is 13.9. The fourth-order valence-electron chi connectivity index (χ4n) is 2.47. The highest BCUT2D eigenvalue weighted by molar-refractivity contribution is 6.30.